The van der Waals surface area contributed by atoms with Crippen LogP contribution in [0.2, 0.25) is 10.0 Å². The largest absolute Gasteiger partial charge is 0.490 e. The van der Waals surface area contributed by atoms with Crippen LogP contribution in [-0.4, -0.2) is 27.8 Å². The number of carbonyl (C=O) groups excluding carboxylic acids is 2. The van der Waals surface area contributed by atoms with Gasteiger partial charge in [-0.25, -0.2) is 0 Å². The van der Waals surface area contributed by atoms with E-state index in [0.29, 0.717) is 50.8 Å². The number of hydrogen-bond acceptors (Lipinski definition) is 6. The van der Waals surface area contributed by atoms with Gasteiger partial charge in [0.15, 0.2) is 15.8 Å². The first kappa shape index (κ1) is 26.0. The molecule has 0 spiro atoms. The molecular weight excluding hydrogens is 539 g/mol. The van der Waals surface area contributed by atoms with Crippen molar-refractivity contribution in [3.63, 3.8) is 0 Å². The number of halogens is 2. The second kappa shape index (κ2) is 11.8. The summed E-state index contributed by atoms with van der Waals surface area (Å²) in [5.41, 5.74) is 4.50. The van der Waals surface area contributed by atoms with Gasteiger partial charge in [0.2, 0.25) is 0 Å². The lowest BCUT2D eigenvalue weighted by molar-refractivity contribution is -0.123. The number of ether oxygens (including phenoxy) is 2. The fourth-order valence-corrected chi connectivity index (χ4v) is 4.87. The van der Waals surface area contributed by atoms with E-state index in [1.54, 1.807) is 42.5 Å². The molecule has 0 aliphatic carbocycles. The minimum absolute atomic E-state index is 0.201. The van der Waals surface area contributed by atoms with Crippen LogP contribution in [0.15, 0.2) is 71.6 Å². The van der Waals surface area contributed by atoms with Crippen molar-refractivity contribution in [3.05, 3.63) is 98.4 Å². The van der Waals surface area contributed by atoms with Crippen LogP contribution >= 0.6 is 47.2 Å². The monoisotopic (exact) mass is 558 g/mol. The summed E-state index contributed by atoms with van der Waals surface area (Å²) in [6.45, 7) is 2.59. The standard InChI is InChI=1S/C26H20Cl2N2O4S2/c1-2-33-21-13-17(12-20(28)23(21)34-15-16-6-4-3-5-7-16)14-22-25(32)30(26(35)36-22)29-24(31)18-8-10-19(27)11-9-18/h3-14H,2,15H2,1H3,(H,29,31)/b22-14-. The summed E-state index contributed by atoms with van der Waals surface area (Å²) >= 11 is 18.8. The van der Waals surface area contributed by atoms with E-state index in [2.05, 4.69) is 5.43 Å². The number of carbonyl (C=O) groups is 2. The van der Waals surface area contributed by atoms with Crippen molar-refractivity contribution in [3.8, 4) is 11.5 Å². The molecule has 3 aromatic carbocycles. The van der Waals surface area contributed by atoms with E-state index in [0.717, 1.165) is 22.3 Å². The van der Waals surface area contributed by atoms with Gasteiger partial charge >= 0.3 is 0 Å². The van der Waals surface area contributed by atoms with Crippen LogP contribution in [0.5, 0.6) is 11.5 Å². The molecule has 10 heteroatoms. The topological polar surface area (TPSA) is 67.9 Å². The van der Waals surface area contributed by atoms with Gasteiger partial charge in [0.25, 0.3) is 11.8 Å². The third-order valence-electron chi connectivity index (χ3n) is 4.97. The highest BCUT2D eigenvalue weighted by Crippen LogP contribution is 2.39. The normalized spacial score (nSPS) is 14.3. The molecule has 1 saturated heterocycles. The van der Waals surface area contributed by atoms with Crippen LogP contribution in [0.1, 0.15) is 28.4 Å². The van der Waals surface area contributed by atoms with Crippen molar-refractivity contribution in [1.29, 1.82) is 0 Å². The van der Waals surface area contributed by atoms with E-state index in [1.165, 1.54) is 0 Å². The molecule has 0 aromatic heterocycles. The molecule has 36 heavy (non-hydrogen) atoms. The number of hydrogen-bond donors (Lipinski definition) is 1. The van der Waals surface area contributed by atoms with Gasteiger partial charge in [0, 0.05) is 10.6 Å². The first-order valence-electron chi connectivity index (χ1n) is 10.8. The number of nitrogens with one attached hydrogen (secondary N) is 1. The van der Waals surface area contributed by atoms with E-state index in [-0.39, 0.29) is 4.32 Å². The number of nitrogens with zero attached hydrogens (tertiary/aromatic N) is 1. The molecule has 0 unspecified atom stereocenters. The third-order valence-corrected chi connectivity index (χ3v) is 6.80. The molecule has 1 aliphatic heterocycles. The third kappa shape index (κ3) is 6.20. The minimum Gasteiger partial charge on any atom is -0.490 e. The minimum atomic E-state index is -0.481. The number of thiocarbonyl (C=S) groups is 1. The Morgan fingerprint density at radius 2 is 1.81 bits per heavy atom. The number of thioether (sulfide) groups is 1. The summed E-state index contributed by atoms with van der Waals surface area (Å²) in [7, 11) is 0. The molecule has 1 aliphatic rings. The number of rotatable bonds is 8. The Morgan fingerprint density at radius 1 is 1.08 bits per heavy atom. The lowest BCUT2D eigenvalue weighted by Crippen LogP contribution is -2.44. The fourth-order valence-electron chi connectivity index (χ4n) is 3.29. The molecule has 1 heterocycles. The van der Waals surface area contributed by atoms with Crippen molar-refractivity contribution in [2.24, 2.45) is 0 Å². The summed E-state index contributed by atoms with van der Waals surface area (Å²) < 4.78 is 11.9. The maximum Gasteiger partial charge on any atom is 0.285 e. The van der Waals surface area contributed by atoms with E-state index in [4.69, 9.17) is 44.9 Å². The first-order valence-corrected chi connectivity index (χ1v) is 12.8. The smallest absolute Gasteiger partial charge is 0.285 e. The zero-order valence-corrected chi connectivity index (χ0v) is 22.1. The summed E-state index contributed by atoms with van der Waals surface area (Å²) in [4.78, 5) is 25.9. The summed E-state index contributed by atoms with van der Waals surface area (Å²) in [5.74, 6) is -0.0578. The SMILES string of the molecule is CCOc1cc(/C=C2\SC(=S)N(NC(=O)c3ccc(Cl)cc3)C2=O)cc(Cl)c1OCc1ccccc1. The molecule has 3 aromatic rings. The zero-order chi connectivity index (χ0) is 25.7. The second-order valence-electron chi connectivity index (χ2n) is 7.50. The predicted molar refractivity (Wildman–Crippen MR) is 147 cm³/mol. The van der Waals surface area contributed by atoms with Crippen molar-refractivity contribution >= 4 is 69.4 Å². The van der Waals surface area contributed by atoms with Crippen LogP contribution < -0.4 is 14.9 Å². The average Bonchev–Trinajstić information content (AvgIpc) is 3.12. The molecular formula is C26H20Cl2N2O4S2. The summed E-state index contributed by atoms with van der Waals surface area (Å²) in [6, 6.07) is 19.4. The van der Waals surface area contributed by atoms with Gasteiger partial charge in [-0.1, -0.05) is 65.3 Å². The highest BCUT2D eigenvalue weighted by molar-refractivity contribution is 8.26. The molecule has 0 radical (unpaired) electrons. The van der Waals surface area contributed by atoms with Gasteiger partial charge in [-0.15, -0.1) is 0 Å². The van der Waals surface area contributed by atoms with E-state index < -0.39 is 11.8 Å². The van der Waals surface area contributed by atoms with Gasteiger partial charge in [-0.05, 0) is 72.7 Å². The number of amides is 2. The molecule has 1 fully saturated rings. The van der Waals surface area contributed by atoms with Crippen molar-refractivity contribution in [2.45, 2.75) is 13.5 Å². The molecule has 0 atom stereocenters. The van der Waals surface area contributed by atoms with Crippen LogP contribution in [0.4, 0.5) is 0 Å². The lowest BCUT2D eigenvalue weighted by Gasteiger charge is -2.16. The van der Waals surface area contributed by atoms with Gasteiger partial charge in [-0.3, -0.25) is 15.0 Å². The molecule has 0 saturated carbocycles. The Kier molecular flexibility index (Phi) is 8.53. The zero-order valence-electron chi connectivity index (χ0n) is 19.0. The first-order chi connectivity index (χ1) is 17.4. The van der Waals surface area contributed by atoms with Crippen molar-refractivity contribution < 1.29 is 19.1 Å². The van der Waals surface area contributed by atoms with E-state index in [1.807, 2.05) is 37.3 Å². The fraction of sp³-hybridized carbons (Fsp3) is 0.115. The lowest BCUT2D eigenvalue weighted by atomic mass is 10.1. The quantitative estimate of drug-likeness (QED) is 0.251. The summed E-state index contributed by atoms with van der Waals surface area (Å²) in [6.07, 6.45) is 1.64. The maximum absolute atomic E-state index is 13.0. The van der Waals surface area contributed by atoms with Gasteiger partial charge < -0.3 is 9.47 Å². The summed E-state index contributed by atoms with van der Waals surface area (Å²) in [5, 5.41) is 1.89. The van der Waals surface area contributed by atoms with Crippen molar-refractivity contribution in [1.82, 2.24) is 10.4 Å². The van der Waals surface area contributed by atoms with Crippen LogP contribution in [0.25, 0.3) is 6.08 Å². The average molecular weight is 559 g/mol. The predicted octanol–water partition coefficient (Wildman–Crippen LogP) is 6.52. The Morgan fingerprint density at radius 3 is 2.50 bits per heavy atom. The molecule has 1 N–H and O–H groups in total. The Labute approximate surface area is 228 Å². The number of hydrazine groups is 1. The highest BCUT2D eigenvalue weighted by atomic mass is 35.5. The second-order valence-corrected chi connectivity index (χ2v) is 10.0. The van der Waals surface area contributed by atoms with Gasteiger partial charge in [0.1, 0.15) is 6.61 Å². The van der Waals surface area contributed by atoms with E-state index in [9.17, 15) is 9.59 Å². The van der Waals surface area contributed by atoms with Crippen molar-refractivity contribution in [2.75, 3.05) is 6.61 Å². The Bertz CT molecular complexity index is 1330. The number of benzene rings is 3. The molecule has 2 amide bonds. The molecule has 6 nitrogen and oxygen atoms in total. The highest BCUT2D eigenvalue weighted by Gasteiger charge is 2.34. The molecule has 184 valence electrons. The van der Waals surface area contributed by atoms with Gasteiger partial charge in [0.05, 0.1) is 16.5 Å². The molecule has 4 rings (SSSR count). The van der Waals surface area contributed by atoms with E-state index >= 15 is 0 Å². The molecule has 0 bridgehead atoms. The van der Waals surface area contributed by atoms with Gasteiger partial charge in [-0.2, -0.15) is 5.01 Å². The maximum atomic E-state index is 13.0. The van der Waals surface area contributed by atoms with Crippen LogP contribution in [-0.2, 0) is 11.4 Å². The Balaban J connectivity index is 1.53. The van der Waals surface area contributed by atoms with Crippen LogP contribution in [0, 0.1) is 0 Å². The Hall–Kier alpha value is -3.04. The van der Waals surface area contributed by atoms with Crippen LogP contribution in [0.3, 0.4) is 0 Å².